The molecule has 0 radical (unpaired) electrons. The van der Waals surface area contributed by atoms with Gasteiger partial charge < -0.3 is 15.4 Å². The van der Waals surface area contributed by atoms with Crippen LogP contribution in [0.25, 0.3) is 0 Å². The van der Waals surface area contributed by atoms with E-state index in [-0.39, 0.29) is 0 Å². The fourth-order valence-corrected chi connectivity index (χ4v) is 2.67. The van der Waals surface area contributed by atoms with E-state index in [2.05, 4.69) is 39.9 Å². The van der Waals surface area contributed by atoms with Gasteiger partial charge in [0.25, 0.3) is 0 Å². The number of aliphatic imine (C=N–C) groups is 1. The van der Waals surface area contributed by atoms with Crippen LogP contribution in [-0.4, -0.2) is 39.3 Å². The highest BCUT2D eigenvalue weighted by atomic mass is 16.5. The van der Waals surface area contributed by atoms with Crippen molar-refractivity contribution < 1.29 is 4.74 Å². The lowest BCUT2D eigenvalue weighted by Crippen LogP contribution is -2.41. The van der Waals surface area contributed by atoms with Gasteiger partial charge in [0.05, 0.1) is 0 Å². The zero-order valence-corrected chi connectivity index (χ0v) is 13.2. The molecule has 0 bridgehead atoms. The number of hydrogen-bond acceptors (Lipinski definition) is 2. The number of unbranched alkanes of at least 4 members (excludes halogenated alkanes) is 1. The summed E-state index contributed by atoms with van der Waals surface area (Å²) in [4.78, 5) is 4.27. The summed E-state index contributed by atoms with van der Waals surface area (Å²) in [7, 11) is 1.82. The van der Waals surface area contributed by atoms with Crippen LogP contribution in [0.2, 0.25) is 0 Å². The van der Waals surface area contributed by atoms with Gasteiger partial charge >= 0.3 is 0 Å². The zero-order chi connectivity index (χ0) is 14.9. The molecular formula is C17H27N3O. The van der Waals surface area contributed by atoms with Gasteiger partial charge in [0.15, 0.2) is 5.96 Å². The largest absolute Gasteiger partial charge is 0.382 e. The molecule has 0 saturated heterocycles. The highest BCUT2D eigenvalue weighted by molar-refractivity contribution is 5.79. The van der Waals surface area contributed by atoms with Crippen LogP contribution in [0.15, 0.2) is 29.3 Å². The van der Waals surface area contributed by atoms with Crippen molar-refractivity contribution in [2.45, 2.75) is 32.1 Å². The molecule has 0 aromatic heterocycles. The summed E-state index contributed by atoms with van der Waals surface area (Å²) < 4.78 is 5.33. The maximum Gasteiger partial charge on any atom is 0.190 e. The smallest absolute Gasteiger partial charge is 0.190 e. The van der Waals surface area contributed by atoms with Gasteiger partial charge in [-0.1, -0.05) is 24.3 Å². The van der Waals surface area contributed by atoms with Crippen molar-refractivity contribution in [3.8, 4) is 0 Å². The second kappa shape index (κ2) is 8.67. The van der Waals surface area contributed by atoms with E-state index in [4.69, 9.17) is 4.74 Å². The van der Waals surface area contributed by atoms with E-state index < -0.39 is 0 Å². The molecule has 0 saturated carbocycles. The van der Waals surface area contributed by atoms with Gasteiger partial charge in [-0.25, -0.2) is 0 Å². The molecule has 1 unspecified atom stereocenters. The fourth-order valence-electron chi connectivity index (χ4n) is 2.67. The van der Waals surface area contributed by atoms with Crippen LogP contribution in [-0.2, 0) is 11.2 Å². The third kappa shape index (κ3) is 4.74. The molecule has 1 aliphatic carbocycles. The van der Waals surface area contributed by atoms with E-state index in [1.807, 2.05) is 14.0 Å². The fraction of sp³-hybridized carbons (Fsp3) is 0.588. The number of fused-ring (bicyclic) bond motifs is 1. The van der Waals surface area contributed by atoms with Gasteiger partial charge in [0.2, 0.25) is 0 Å². The molecule has 1 atom stereocenters. The van der Waals surface area contributed by atoms with E-state index in [1.54, 1.807) is 0 Å². The molecular weight excluding hydrogens is 262 g/mol. The average molecular weight is 289 g/mol. The maximum absolute atomic E-state index is 5.33. The first-order valence-electron chi connectivity index (χ1n) is 7.95. The summed E-state index contributed by atoms with van der Waals surface area (Å²) in [5.74, 6) is 1.52. The van der Waals surface area contributed by atoms with Crippen molar-refractivity contribution >= 4 is 5.96 Å². The minimum absolute atomic E-state index is 0.623. The Hall–Kier alpha value is -1.55. The van der Waals surface area contributed by atoms with Crippen LogP contribution >= 0.6 is 0 Å². The first-order valence-corrected chi connectivity index (χ1v) is 7.95. The summed E-state index contributed by atoms with van der Waals surface area (Å²) in [5, 5.41) is 6.78. The molecule has 1 aromatic carbocycles. The monoisotopic (exact) mass is 289 g/mol. The van der Waals surface area contributed by atoms with Crippen molar-refractivity contribution in [3.05, 3.63) is 35.4 Å². The highest BCUT2D eigenvalue weighted by Gasteiger charge is 2.25. The van der Waals surface area contributed by atoms with Gasteiger partial charge in [-0.05, 0) is 37.3 Å². The summed E-state index contributed by atoms with van der Waals surface area (Å²) in [6.07, 6.45) is 3.37. The topological polar surface area (TPSA) is 45.6 Å². The first kappa shape index (κ1) is 15.8. The SMILES string of the molecule is CCOCCCCNC(=NC)NCC1Cc2ccccc21. The second-order valence-corrected chi connectivity index (χ2v) is 5.38. The van der Waals surface area contributed by atoms with Gasteiger partial charge in [-0.15, -0.1) is 0 Å². The molecule has 116 valence electrons. The Balaban J connectivity index is 1.61. The van der Waals surface area contributed by atoms with Crippen LogP contribution in [0.5, 0.6) is 0 Å². The zero-order valence-electron chi connectivity index (χ0n) is 13.2. The number of rotatable bonds is 8. The normalized spacial score (nSPS) is 17.0. The summed E-state index contributed by atoms with van der Waals surface area (Å²) in [6.45, 7) is 5.58. The number of nitrogens with zero attached hydrogens (tertiary/aromatic N) is 1. The molecule has 1 aromatic rings. The Morgan fingerprint density at radius 1 is 1.29 bits per heavy atom. The van der Waals surface area contributed by atoms with Gasteiger partial charge in [0.1, 0.15) is 0 Å². The van der Waals surface area contributed by atoms with Crippen LogP contribution in [0.4, 0.5) is 0 Å². The maximum atomic E-state index is 5.33. The number of nitrogens with one attached hydrogen (secondary N) is 2. The van der Waals surface area contributed by atoms with E-state index >= 15 is 0 Å². The van der Waals surface area contributed by atoms with E-state index in [1.165, 1.54) is 17.5 Å². The Morgan fingerprint density at radius 3 is 2.90 bits per heavy atom. The second-order valence-electron chi connectivity index (χ2n) is 5.38. The molecule has 1 aliphatic rings. The minimum Gasteiger partial charge on any atom is -0.382 e. The van der Waals surface area contributed by atoms with Crippen LogP contribution in [0, 0.1) is 0 Å². The number of ether oxygens (including phenoxy) is 1. The number of guanidine groups is 1. The Bertz CT molecular complexity index is 459. The molecule has 2 rings (SSSR count). The molecule has 0 aliphatic heterocycles. The summed E-state index contributed by atoms with van der Waals surface area (Å²) in [6, 6.07) is 8.69. The molecule has 0 amide bonds. The molecule has 0 spiro atoms. The third-order valence-corrected chi connectivity index (χ3v) is 3.91. The lowest BCUT2D eigenvalue weighted by atomic mass is 9.78. The number of hydrogen-bond donors (Lipinski definition) is 2. The Morgan fingerprint density at radius 2 is 2.14 bits per heavy atom. The van der Waals surface area contributed by atoms with Gasteiger partial charge in [-0.2, -0.15) is 0 Å². The predicted octanol–water partition coefficient (Wildman–Crippen LogP) is 2.31. The first-order chi connectivity index (χ1) is 10.3. The predicted molar refractivity (Wildman–Crippen MR) is 88.0 cm³/mol. The van der Waals surface area contributed by atoms with Crippen molar-refractivity contribution in [1.82, 2.24) is 10.6 Å². The highest BCUT2D eigenvalue weighted by Crippen LogP contribution is 2.33. The summed E-state index contributed by atoms with van der Waals surface area (Å²) in [5.41, 5.74) is 2.97. The molecule has 4 heteroatoms. The van der Waals surface area contributed by atoms with Crippen molar-refractivity contribution in [2.75, 3.05) is 33.4 Å². The number of benzene rings is 1. The van der Waals surface area contributed by atoms with Crippen LogP contribution < -0.4 is 10.6 Å². The van der Waals surface area contributed by atoms with Gasteiger partial charge in [-0.3, -0.25) is 4.99 Å². The average Bonchev–Trinajstić information content (AvgIpc) is 2.49. The van der Waals surface area contributed by atoms with E-state index in [0.717, 1.165) is 45.1 Å². The lowest BCUT2D eigenvalue weighted by molar-refractivity contribution is 0.143. The minimum atomic E-state index is 0.623. The third-order valence-electron chi connectivity index (χ3n) is 3.91. The van der Waals surface area contributed by atoms with E-state index in [0.29, 0.717) is 5.92 Å². The van der Waals surface area contributed by atoms with E-state index in [9.17, 15) is 0 Å². The van der Waals surface area contributed by atoms with Crippen molar-refractivity contribution in [3.63, 3.8) is 0 Å². The molecule has 0 fully saturated rings. The molecule has 21 heavy (non-hydrogen) atoms. The standard InChI is InChI=1S/C17H27N3O/c1-3-21-11-7-6-10-19-17(18-2)20-13-15-12-14-8-4-5-9-16(14)15/h4-5,8-9,15H,3,6-7,10-13H2,1-2H3,(H2,18,19,20). The lowest BCUT2D eigenvalue weighted by Gasteiger charge is -2.30. The van der Waals surface area contributed by atoms with Gasteiger partial charge in [0, 0.05) is 39.3 Å². The van der Waals surface area contributed by atoms with Crippen LogP contribution in [0.1, 0.15) is 36.8 Å². The molecule has 0 heterocycles. The van der Waals surface area contributed by atoms with Crippen molar-refractivity contribution in [1.29, 1.82) is 0 Å². The quantitative estimate of drug-likeness (QED) is 0.438. The summed E-state index contributed by atoms with van der Waals surface area (Å²) >= 11 is 0. The molecule has 4 nitrogen and oxygen atoms in total. The Kier molecular flexibility index (Phi) is 6.54. The van der Waals surface area contributed by atoms with Crippen molar-refractivity contribution in [2.24, 2.45) is 4.99 Å². The molecule has 2 N–H and O–H groups in total. The Labute approximate surface area is 128 Å². The van der Waals surface area contributed by atoms with Crippen LogP contribution in [0.3, 0.4) is 0 Å².